The third-order valence-corrected chi connectivity index (χ3v) is 3.64. The van der Waals surface area contributed by atoms with E-state index in [1.165, 1.54) is 11.3 Å². The van der Waals surface area contributed by atoms with E-state index in [0.717, 1.165) is 5.69 Å². The van der Waals surface area contributed by atoms with Gasteiger partial charge in [0.25, 0.3) is 5.91 Å². The Morgan fingerprint density at radius 2 is 2.29 bits per heavy atom. The highest BCUT2D eigenvalue weighted by Crippen LogP contribution is 2.15. The summed E-state index contributed by atoms with van der Waals surface area (Å²) in [6, 6.07) is 7.55. The number of carbonyl (C=O) groups excluding carboxylic acids is 1. The molecule has 0 fully saturated rings. The molecule has 0 spiro atoms. The Morgan fingerprint density at radius 3 is 3.05 bits per heavy atom. The predicted octanol–water partition coefficient (Wildman–Crippen LogP) is 1.85. The van der Waals surface area contributed by atoms with Crippen LogP contribution in [0.5, 0.6) is 0 Å². The van der Waals surface area contributed by atoms with Gasteiger partial charge in [-0.2, -0.15) is 0 Å². The number of nitrogens with zero attached hydrogens (tertiary/aromatic N) is 1. The Morgan fingerprint density at radius 1 is 1.38 bits per heavy atom. The van der Waals surface area contributed by atoms with Crippen LogP contribution in [-0.4, -0.2) is 29.1 Å². The molecule has 108 valence electrons. The summed E-state index contributed by atoms with van der Waals surface area (Å²) < 4.78 is 0. The highest BCUT2D eigenvalue weighted by atomic mass is 32.1. The summed E-state index contributed by atoms with van der Waals surface area (Å²) >= 11 is 1.37. The van der Waals surface area contributed by atoms with E-state index in [9.17, 15) is 4.79 Å². The molecule has 0 saturated heterocycles. The van der Waals surface area contributed by atoms with Gasteiger partial charge in [0.2, 0.25) is 0 Å². The number of amides is 1. The lowest BCUT2D eigenvalue weighted by atomic mass is 10.2. The van der Waals surface area contributed by atoms with E-state index in [2.05, 4.69) is 22.1 Å². The molecule has 0 bridgehead atoms. The third kappa shape index (κ3) is 4.71. The van der Waals surface area contributed by atoms with Gasteiger partial charge in [0.15, 0.2) is 0 Å². The molecule has 2 aromatic heterocycles. The maximum Gasteiger partial charge on any atom is 0.262 e. The summed E-state index contributed by atoms with van der Waals surface area (Å²) in [6.07, 6.45) is 2.85. The maximum absolute atomic E-state index is 12.1. The van der Waals surface area contributed by atoms with Gasteiger partial charge in [-0.1, -0.05) is 17.9 Å². The van der Waals surface area contributed by atoms with E-state index in [1.54, 1.807) is 6.20 Å². The highest BCUT2D eigenvalue weighted by Gasteiger charge is 2.11. The quantitative estimate of drug-likeness (QED) is 0.828. The fourth-order valence-corrected chi connectivity index (χ4v) is 2.49. The van der Waals surface area contributed by atoms with Gasteiger partial charge in [-0.3, -0.25) is 9.78 Å². The van der Waals surface area contributed by atoms with Gasteiger partial charge in [-0.25, -0.2) is 0 Å². The van der Waals surface area contributed by atoms with Crippen molar-refractivity contribution in [3.8, 4) is 11.8 Å². The highest BCUT2D eigenvalue weighted by molar-refractivity contribution is 7.12. The zero-order valence-corrected chi connectivity index (χ0v) is 12.3. The minimum Gasteiger partial charge on any atom is -0.395 e. The fraction of sp³-hybridized carbons (Fsp3) is 0.250. The summed E-state index contributed by atoms with van der Waals surface area (Å²) in [5.41, 5.74) is 1.66. The first-order valence-corrected chi connectivity index (χ1v) is 7.54. The lowest BCUT2D eigenvalue weighted by molar-refractivity contribution is 0.0958. The molecule has 2 heterocycles. The molecule has 0 atom stereocenters. The van der Waals surface area contributed by atoms with Crippen LogP contribution in [-0.2, 0) is 6.42 Å². The molecule has 0 aliphatic rings. The first-order valence-electron chi connectivity index (χ1n) is 6.66. The molecular formula is C16H16N2O2S. The monoisotopic (exact) mass is 300 g/mol. The molecular weight excluding hydrogens is 284 g/mol. The van der Waals surface area contributed by atoms with Crippen LogP contribution in [0.1, 0.15) is 27.3 Å². The number of rotatable bonds is 5. The van der Waals surface area contributed by atoms with Crippen molar-refractivity contribution < 1.29 is 9.90 Å². The van der Waals surface area contributed by atoms with Crippen molar-refractivity contribution in [3.63, 3.8) is 0 Å². The number of thiophene rings is 1. The second kappa shape index (κ2) is 8.20. The van der Waals surface area contributed by atoms with Gasteiger partial charge in [0, 0.05) is 36.8 Å². The van der Waals surface area contributed by atoms with Crippen LogP contribution in [0, 0.1) is 11.8 Å². The van der Waals surface area contributed by atoms with Crippen LogP contribution >= 0.6 is 11.3 Å². The average Bonchev–Trinajstić information content (AvgIpc) is 2.97. The molecule has 21 heavy (non-hydrogen) atoms. The minimum atomic E-state index is -0.116. The predicted molar refractivity (Wildman–Crippen MR) is 83.2 cm³/mol. The van der Waals surface area contributed by atoms with E-state index in [-0.39, 0.29) is 12.5 Å². The molecule has 0 radical (unpaired) electrons. The number of hydrogen-bond donors (Lipinski definition) is 2. The van der Waals surface area contributed by atoms with Crippen LogP contribution in [0.3, 0.4) is 0 Å². The van der Waals surface area contributed by atoms with Gasteiger partial charge >= 0.3 is 0 Å². The zero-order valence-electron chi connectivity index (χ0n) is 11.5. The second-order valence-corrected chi connectivity index (χ2v) is 5.18. The van der Waals surface area contributed by atoms with Gasteiger partial charge in [-0.05, 0) is 23.6 Å². The molecule has 0 saturated carbocycles. The number of carbonyl (C=O) groups is 1. The van der Waals surface area contributed by atoms with Crippen molar-refractivity contribution in [1.29, 1.82) is 0 Å². The van der Waals surface area contributed by atoms with Gasteiger partial charge in [0.1, 0.15) is 4.88 Å². The Balaban J connectivity index is 1.89. The average molecular weight is 300 g/mol. The second-order valence-electron chi connectivity index (χ2n) is 4.27. The van der Waals surface area contributed by atoms with E-state index >= 15 is 0 Å². The summed E-state index contributed by atoms with van der Waals surface area (Å²) in [6.45, 7) is 0.569. The van der Waals surface area contributed by atoms with Gasteiger partial charge in [-0.15, -0.1) is 11.3 Å². The summed E-state index contributed by atoms with van der Waals surface area (Å²) in [5.74, 6) is 5.63. The van der Waals surface area contributed by atoms with Crippen LogP contribution in [0.4, 0.5) is 0 Å². The van der Waals surface area contributed by atoms with Crippen LogP contribution in [0.2, 0.25) is 0 Å². The summed E-state index contributed by atoms with van der Waals surface area (Å²) in [7, 11) is 0. The number of aliphatic hydroxyl groups excluding tert-OH is 1. The van der Waals surface area contributed by atoms with Crippen LogP contribution in [0.25, 0.3) is 0 Å². The van der Waals surface area contributed by atoms with E-state index in [1.807, 2.05) is 29.6 Å². The normalized spacial score (nSPS) is 9.76. The zero-order chi connectivity index (χ0) is 14.9. The van der Waals surface area contributed by atoms with Crippen molar-refractivity contribution in [2.45, 2.75) is 12.8 Å². The van der Waals surface area contributed by atoms with Crippen molar-refractivity contribution in [1.82, 2.24) is 10.3 Å². The number of nitrogens with one attached hydrogen (secondary N) is 1. The third-order valence-electron chi connectivity index (χ3n) is 2.72. The molecule has 2 rings (SSSR count). The molecule has 0 unspecified atom stereocenters. The molecule has 2 N–H and O–H groups in total. The topological polar surface area (TPSA) is 62.2 Å². The molecule has 1 amide bonds. The Hall–Kier alpha value is -2.16. The first kappa shape index (κ1) is 15.2. The number of aliphatic hydroxyl groups is 1. The standard InChI is InChI=1S/C16H16N2O2S/c19-11-4-2-5-13-8-12-21-15(13)16(20)18-10-7-14-6-1-3-9-17-14/h1,3,6,8-9,12,19H,4,7,10-11H2,(H,18,20). The lowest BCUT2D eigenvalue weighted by Gasteiger charge is -2.03. The Labute approximate surface area is 127 Å². The number of aromatic nitrogens is 1. The molecule has 2 aromatic rings. The van der Waals surface area contributed by atoms with E-state index < -0.39 is 0 Å². The van der Waals surface area contributed by atoms with E-state index in [0.29, 0.717) is 29.8 Å². The van der Waals surface area contributed by atoms with Crippen LogP contribution in [0.15, 0.2) is 35.8 Å². The molecule has 0 aliphatic carbocycles. The number of pyridine rings is 1. The maximum atomic E-state index is 12.1. The molecule has 0 aliphatic heterocycles. The van der Waals surface area contributed by atoms with Crippen molar-refractivity contribution >= 4 is 17.2 Å². The summed E-state index contributed by atoms with van der Waals surface area (Å²) in [4.78, 5) is 16.9. The number of hydrogen-bond acceptors (Lipinski definition) is 4. The molecule has 4 nitrogen and oxygen atoms in total. The Bertz CT molecular complexity index is 641. The van der Waals surface area contributed by atoms with Gasteiger partial charge < -0.3 is 10.4 Å². The van der Waals surface area contributed by atoms with Gasteiger partial charge in [0.05, 0.1) is 6.61 Å². The minimum absolute atomic E-state index is 0.0305. The smallest absolute Gasteiger partial charge is 0.262 e. The largest absolute Gasteiger partial charge is 0.395 e. The molecule has 0 aromatic carbocycles. The van der Waals surface area contributed by atoms with Crippen molar-refractivity contribution in [2.24, 2.45) is 0 Å². The first-order chi connectivity index (χ1) is 10.3. The van der Waals surface area contributed by atoms with Crippen molar-refractivity contribution in [2.75, 3.05) is 13.2 Å². The summed E-state index contributed by atoms with van der Waals surface area (Å²) in [5, 5.41) is 13.4. The van der Waals surface area contributed by atoms with E-state index in [4.69, 9.17) is 5.11 Å². The molecule has 5 heteroatoms. The Kier molecular flexibility index (Phi) is 5.95. The van der Waals surface area contributed by atoms with Crippen LogP contribution < -0.4 is 5.32 Å². The van der Waals surface area contributed by atoms with Crippen molar-refractivity contribution in [3.05, 3.63) is 52.0 Å². The SMILES string of the molecule is O=C(NCCc1ccccn1)c1sccc1C#CCCO. The fourth-order valence-electron chi connectivity index (χ4n) is 1.73. The lowest BCUT2D eigenvalue weighted by Crippen LogP contribution is -2.25.